The largest absolute Gasteiger partial charge is 0.497 e. The third-order valence-corrected chi connectivity index (χ3v) is 5.52. The van der Waals surface area contributed by atoms with Crippen molar-refractivity contribution in [2.45, 2.75) is 30.5 Å². The number of benzene rings is 2. The van der Waals surface area contributed by atoms with Gasteiger partial charge < -0.3 is 29.5 Å². The topological polar surface area (TPSA) is 119 Å². The zero-order valence-corrected chi connectivity index (χ0v) is 17.2. The molecule has 0 spiro atoms. The summed E-state index contributed by atoms with van der Waals surface area (Å²) in [5.74, 6) is 1.36. The summed E-state index contributed by atoms with van der Waals surface area (Å²) in [7, 11) is 3.16. The summed E-state index contributed by atoms with van der Waals surface area (Å²) in [6, 6.07) is 13.8. The maximum absolute atomic E-state index is 10.9. The average Bonchev–Trinajstić information content (AvgIpc) is 3.30. The summed E-state index contributed by atoms with van der Waals surface area (Å²) < 4.78 is 18.0. The molecule has 3 N–H and O–H groups in total. The van der Waals surface area contributed by atoms with Crippen LogP contribution in [0.1, 0.15) is 17.7 Å². The molecule has 9 heteroatoms. The van der Waals surface area contributed by atoms with E-state index in [1.807, 2.05) is 36.4 Å². The van der Waals surface area contributed by atoms with E-state index in [4.69, 9.17) is 14.2 Å². The van der Waals surface area contributed by atoms with Gasteiger partial charge in [0.1, 0.15) is 47.7 Å². The molecule has 1 saturated heterocycles. The van der Waals surface area contributed by atoms with Gasteiger partial charge in [-0.05, 0) is 29.8 Å². The molecule has 31 heavy (non-hydrogen) atoms. The predicted octanol–water partition coefficient (Wildman–Crippen LogP) is 1.36. The molecule has 0 radical (unpaired) electrons. The minimum Gasteiger partial charge on any atom is -0.497 e. The van der Waals surface area contributed by atoms with E-state index < -0.39 is 37.1 Å². The van der Waals surface area contributed by atoms with Gasteiger partial charge in [-0.2, -0.15) is 0 Å². The first-order valence-electron chi connectivity index (χ1n) is 9.88. The summed E-state index contributed by atoms with van der Waals surface area (Å²) in [5.41, 5.74) is 2.12. The average molecular weight is 427 g/mol. The number of aliphatic hydroxyl groups excluding tert-OH is 3. The minimum absolute atomic E-state index is 0.427. The predicted molar refractivity (Wildman–Crippen MR) is 111 cm³/mol. The van der Waals surface area contributed by atoms with Crippen molar-refractivity contribution in [1.29, 1.82) is 0 Å². The van der Waals surface area contributed by atoms with Crippen LogP contribution in [0.25, 0.3) is 11.3 Å². The van der Waals surface area contributed by atoms with Gasteiger partial charge in [-0.15, -0.1) is 5.10 Å². The third-order valence-electron chi connectivity index (χ3n) is 5.52. The molecule has 1 aliphatic rings. The first-order valence-corrected chi connectivity index (χ1v) is 9.88. The molecule has 3 aromatic rings. The van der Waals surface area contributed by atoms with E-state index in [1.165, 1.54) is 4.68 Å². The molecule has 0 unspecified atom stereocenters. The van der Waals surface area contributed by atoms with Gasteiger partial charge in [0.05, 0.1) is 27.0 Å². The van der Waals surface area contributed by atoms with Crippen LogP contribution in [0.2, 0.25) is 0 Å². The van der Waals surface area contributed by atoms with Crippen LogP contribution in [0.3, 0.4) is 0 Å². The van der Waals surface area contributed by atoms with Crippen molar-refractivity contribution in [2.75, 3.05) is 20.8 Å². The fourth-order valence-electron chi connectivity index (χ4n) is 3.80. The number of methoxy groups -OCH3 is 2. The number of rotatable bonds is 6. The van der Waals surface area contributed by atoms with Gasteiger partial charge in [0.2, 0.25) is 0 Å². The van der Waals surface area contributed by atoms with Crippen molar-refractivity contribution in [2.24, 2.45) is 0 Å². The van der Waals surface area contributed by atoms with E-state index in [1.54, 1.807) is 32.5 Å². The van der Waals surface area contributed by atoms with Crippen molar-refractivity contribution in [1.82, 2.24) is 15.0 Å². The van der Waals surface area contributed by atoms with Crippen LogP contribution < -0.4 is 9.47 Å². The maximum Gasteiger partial charge on any atom is 0.119 e. The van der Waals surface area contributed by atoms with Gasteiger partial charge in [0.15, 0.2) is 0 Å². The van der Waals surface area contributed by atoms with Crippen LogP contribution in [0, 0.1) is 0 Å². The van der Waals surface area contributed by atoms with Gasteiger partial charge in [-0.25, -0.2) is 4.68 Å². The number of nitrogens with zero attached hydrogens (tertiary/aromatic N) is 3. The van der Waals surface area contributed by atoms with Crippen molar-refractivity contribution in [3.63, 3.8) is 0 Å². The van der Waals surface area contributed by atoms with Gasteiger partial charge in [0, 0.05) is 5.56 Å². The quantitative estimate of drug-likeness (QED) is 0.540. The maximum atomic E-state index is 10.9. The fourth-order valence-corrected chi connectivity index (χ4v) is 3.80. The Morgan fingerprint density at radius 2 is 1.74 bits per heavy atom. The van der Waals surface area contributed by atoms with Crippen molar-refractivity contribution in [3.8, 4) is 22.8 Å². The number of hydrogen-bond donors (Lipinski definition) is 3. The third kappa shape index (κ3) is 4.13. The highest BCUT2D eigenvalue weighted by atomic mass is 16.5. The second kappa shape index (κ2) is 9.03. The minimum atomic E-state index is -1.28. The highest BCUT2D eigenvalue weighted by molar-refractivity contribution is 5.59. The number of hydrogen-bond acceptors (Lipinski definition) is 8. The summed E-state index contributed by atoms with van der Waals surface area (Å²) in [4.78, 5) is 0. The molecule has 0 amide bonds. The van der Waals surface area contributed by atoms with Gasteiger partial charge in [-0.1, -0.05) is 29.5 Å². The summed E-state index contributed by atoms with van der Waals surface area (Å²) >= 11 is 0. The molecule has 1 fully saturated rings. The lowest BCUT2D eigenvalue weighted by Crippen LogP contribution is -2.53. The highest BCUT2D eigenvalue weighted by Gasteiger charge is 2.46. The molecule has 1 aliphatic heterocycles. The molecule has 9 nitrogen and oxygen atoms in total. The zero-order valence-electron chi connectivity index (χ0n) is 17.2. The van der Waals surface area contributed by atoms with Crippen LogP contribution in [0.4, 0.5) is 0 Å². The molecular formula is C22H25N3O6. The SMILES string of the molecule is COc1ccc([C@@H]2O[C@H](CO)[C@H](O)[C@H](O)[C@H]2n2cc(-c3cccc(OC)c3)nn2)cc1. The molecule has 0 saturated carbocycles. The first-order chi connectivity index (χ1) is 15.0. The Kier molecular flexibility index (Phi) is 6.19. The summed E-state index contributed by atoms with van der Waals surface area (Å²) in [6.45, 7) is -0.427. The van der Waals surface area contributed by atoms with E-state index in [9.17, 15) is 15.3 Å². The van der Waals surface area contributed by atoms with Crippen LogP contribution in [-0.4, -0.2) is 69.5 Å². The zero-order chi connectivity index (χ0) is 22.0. The van der Waals surface area contributed by atoms with Crippen LogP contribution in [-0.2, 0) is 4.74 Å². The Balaban J connectivity index is 1.71. The number of ether oxygens (including phenoxy) is 3. The Morgan fingerprint density at radius 3 is 2.42 bits per heavy atom. The Bertz CT molecular complexity index is 1010. The molecule has 2 aromatic carbocycles. The molecule has 1 aromatic heterocycles. The molecule has 5 atom stereocenters. The monoisotopic (exact) mass is 427 g/mol. The lowest BCUT2D eigenvalue weighted by atomic mass is 9.89. The van der Waals surface area contributed by atoms with E-state index in [0.717, 1.165) is 11.1 Å². The highest BCUT2D eigenvalue weighted by Crippen LogP contribution is 2.40. The second-order valence-corrected chi connectivity index (χ2v) is 7.34. The van der Waals surface area contributed by atoms with E-state index in [2.05, 4.69) is 10.3 Å². The lowest BCUT2D eigenvalue weighted by molar-refractivity contribution is -0.208. The Labute approximate surface area is 179 Å². The standard InChI is InChI=1S/C22H25N3O6/c1-29-15-8-6-13(7-9-15)22-19(21(28)20(27)18(12-26)31-22)25-11-17(23-24-25)14-4-3-5-16(10-14)30-2/h3-11,18-22,26-28H,12H2,1-2H3/t18-,19-,20+,21-,22+/m1/s1. The van der Waals surface area contributed by atoms with Crippen molar-refractivity contribution in [3.05, 3.63) is 60.3 Å². The molecule has 2 heterocycles. The van der Waals surface area contributed by atoms with Crippen molar-refractivity contribution < 1.29 is 29.5 Å². The smallest absolute Gasteiger partial charge is 0.119 e. The van der Waals surface area contributed by atoms with Crippen LogP contribution in [0.5, 0.6) is 11.5 Å². The first kappa shape index (κ1) is 21.3. The van der Waals surface area contributed by atoms with Crippen molar-refractivity contribution >= 4 is 0 Å². The van der Waals surface area contributed by atoms with E-state index in [-0.39, 0.29) is 0 Å². The van der Waals surface area contributed by atoms with E-state index >= 15 is 0 Å². The fraction of sp³-hybridized carbons (Fsp3) is 0.364. The van der Waals surface area contributed by atoms with Crippen LogP contribution in [0.15, 0.2) is 54.7 Å². The summed E-state index contributed by atoms with van der Waals surface area (Å²) in [6.07, 6.45) is -2.44. The number of aromatic nitrogens is 3. The van der Waals surface area contributed by atoms with Gasteiger partial charge >= 0.3 is 0 Å². The molecule has 164 valence electrons. The lowest BCUT2D eigenvalue weighted by Gasteiger charge is -2.42. The summed E-state index contributed by atoms with van der Waals surface area (Å²) in [5, 5.41) is 39.4. The van der Waals surface area contributed by atoms with Crippen LogP contribution >= 0.6 is 0 Å². The normalized spacial score (nSPS) is 25.9. The Morgan fingerprint density at radius 1 is 1.00 bits per heavy atom. The second-order valence-electron chi connectivity index (χ2n) is 7.34. The molecular weight excluding hydrogens is 402 g/mol. The molecule has 4 rings (SSSR count). The number of aliphatic hydroxyl groups is 3. The Hall–Kier alpha value is -2.98. The van der Waals surface area contributed by atoms with Gasteiger partial charge in [-0.3, -0.25) is 0 Å². The van der Waals surface area contributed by atoms with Gasteiger partial charge in [0.25, 0.3) is 0 Å². The van der Waals surface area contributed by atoms with E-state index in [0.29, 0.717) is 17.2 Å². The molecule has 0 bridgehead atoms. The molecule has 0 aliphatic carbocycles.